The molecule has 0 aromatic heterocycles. The molecule has 0 bridgehead atoms. The van der Waals surface area contributed by atoms with Gasteiger partial charge in [-0.25, -0.2) is 5.01 Å². The first-order chi connectivity index (χ1) is 13.2. The van der Waals surface area contributed by atoms with Crippen molar-refractivity contribution in [3.63, 3.8) is 0 Å². The van der Waals surface area contributed by atoms with Gasteiger partial charge in [-0.2, -0.15) is 5.10 Å². The van der Waals surface area contributed by atoms with Gasteiger partial charge in [0, 0.05) is 27.0 Å². The van der Waals surface area contributed by atoms with Gasteiger partial charge < -0.3 is 4.74 Å². The lowest BCUT2D eigenvalue weighted by molar-refractivity contribution is -0.0190. The number of ether oxygens (including phenoxy) is 1. The summed E-state index contributed by atoms with van der Waals surface area (Å²) in [4.78, 5) is 0. The summed E-state index contributed by atoms with van der Waals surface area (Å²) in [7, 11) is 0. The maximum Gasteiger partial charge on any atom is 0.213 e. The topological polar surface area (TPSA) is 24.8 Å². The summed E-state index contributed by atoms with van der Waals surface area (Å²) in [5.74, 6) is 0.877. The molecule has 3 aromatic rings. The molecule has 2 aliphatic heterocycles. The van der Waals surface area contributed by atoms with Crippen LogP contribution in [0.2, 0.25) is 5.02 Å². The Balaban J connectivity index is 1.60. The summed E-state index contributed by atoms with van der Waals surface area (Å²) in [6.07, 6.45) is 0.569. The van der Waals surface area contributed by atoms with Crippen molar-refractivity contribution in [2.24, 2.45) is 5.10 Å². The lowest BCUT2D eigenvalue weighted by atomic mass is 9.96. The van der Waals surface area contributed by atoms with Crippen LogP contribution in [0.5, 0.6) is 5.75 Å². The van der Waals surface area contributed by atoms with Crippen LogP contribution in [0.4, 0.5) is 0 Å². The highest BCUT2D eigenvalue weighted by molar-refractivity contribution is 9.10. The Morgan fingerprint density at radius 1 is 1.00 bits per heavy atom. The first-order valence-corrected chi connectivity index (χ1v) is 9.99. The van der Waals surface area contributed by atoms with E-state index in [0.717, 1.165) is 39.0 Å². The molecule has 2 atom stereocenters. The monoisotopic (exact) mass is 438 g/mol. The molecule has 0 aliphatic carbocycles. The molecule has 0 N–H and O–H groups in total. The zero-order chi connectivity index (χ0) is 18.4. The van der Waals surface area contributed by atoms with Gasteiger partial charge in [-0.1, -0.05) is 70.0 Å². The van der Waals surface area contributed by atoms with E-state index in [4.69, 9.17) is 21.4 Å². The standard InChI is InChI=1S/C22H16BrClN2O/c23-16-8-6-14(7-9-16)19-13-20-18-12-17(24)10-11-21(18)27-22(26(20)25-19)15-4-2-1-3-5-15/h1-12,20,22H,13H2/t20-,22+/m0/s1. The fraction of sp³-hybridized carbons (Fsp3) is 0.136. The van der Waals surface area contributed by atoms with E-state index >= 15 is 0 Å². The minimum Gasteiger partial charge on any atom is -0.464 e. The Bertz CT molecular complexity index is 1020. The predicted octanol–water partition coefficient (Wildman–Crippen LogP) is 6.34. The van der Waals surface area contributed by atoms with Gasteiger partial charge in [0.05, 0.1) is 11.8 Å². The second-order valence-corrected chi connectivity index (χ2v) is 8.07. The van der Waals surface area contributed by atoms with Crippen molar-refractivity contribution >= 4 is 33.2 Å². The van der Waals surface area contributed by atoms with E-state index in [1.165, 1.54) is 0 Å². The summed E-state index contributed by atoms with van der Waals surface area (Å²) >= 11 is 9.77. The second-order valence-electron chi connectivity index (χ2n) is 6.72. The van der Waals surface area contributed by atoms with Crippen molar-refractivity contribution in [1.29, 1.82) is 0 Å². The fourth-order valence-electron chi connectivity index (χ4n) is 3.71. The van der Waals surface area contributed by atoms with Gasteiger partial charge in [0.1, 0.15) is 5.75 Å². The molecular weight excluding hydrogens is 424 g/mol. The van der Waals surface area contributed by atoms with E-state index in [-0.39, 0.29) is 12.3 Å². The van der Waals surface area contributed by atoms with Crippen LogP contribution in [0, 0.1) is 0 Å². The summed E-state index contributed by atoms with van der Waals surface area (Å²) in [6.45, 7) is 0. The quantitative estimate of drug-likeness (QED) is 0.465. The first kappa shape index (κ1) is 16.8. The van der Waals surface area contributed by atoms with Crippen LogP contribution in [0.25, 0.3) is 0 Å². The number of hydrogen-bond donors (Lipinski definition) is 0. The smallest absolute Gasteiger partial charge is 0.213 e. The Kier molecular flexibility index (Phi) is 4.18. The van der Waals surface area contributed by atoms with Crippen molar-refractivity contribution < 1.29 is 4.74 Å². The van der Waals surface area contributed by atoms with E-state index in [1.54, 1.807) is 0 Å². The summed E-state index contributed by atoms with van der Waals surface area (Å²) in [5.41, 5.74) is 4.36. The van der Waals surface area contributed by atoms with Gasteiger partial charge in [0.25, 0.3) is 0 Å². The number of hydrazone groups is 1. The number of benzene rings is 3. The lowest BCUT2D eigenvalue weighted by Gasteiger charge is -2.38. The van der Waals surface area contributed by atoms with Crippen molar-refractivity contribution in [3.05, 3.63) is 99.0 Å². The fourth-order valence-corrected chi connectivity index (χ4v) is 4.16. The van der Waals surface area contributed by atoms with Crippen molar-refractivity contribution in [3.8, 4) is 5.75 Å². The van der Waals surface area contributed by atoms with Gasteiger partial charge in [-0.05, 0) is 35.9 Å². The van der Waals surface area contributed by atoms with E-state index in [1.807, 2.05) is 48.5 Å². The maximum atomic E-state index is 6.34. The molecule has 0 unspecified atom stereocenters. The molecule has 0 saturated carbocycles. The molecule has 134 valence electrons. The Hall–Kier alpha value is -2.30. The average Bonchev–Trinajstić information content (AvgIpc) is 3.14. The summed E-state index contributed by atoms with van der Waals surface area (Å²) in [6, 6.07) is 24.5. The molecule has 0 spiro atoms. The molecule has 0 radical (unpaired) electrons. The van der Waals surface area contributed by atoms with Crippen LogP contribution in [-0.4, -0.2) is 10.7 Å². The molecule has 0 saturated heterocycles. The maximum absolute atomic E-state index is 6.34. The largest absolute Gasteiger partial charge is 0.464 e. The number of nitrogens with zero attached hydrogens (tertiary/aromatic N) is 2. The predicted molar refractivity (Wildman–Crippen MR) is 111 cm³/mol. The molecule has 27 heavy (non-hydrogen) atoms. The van der Waals surface area contributed by atoms with Gasteiger partial charge >= 0.3 is 0 Å². The van der Waals surface area contributed by atoms with E-state index < -0.39 is 0 Å². The van der Waals surface area contributed by atoms with Crippen LogP contribution in [-0.2, 0) is 0 Å². The SMILES string of the molecule is Clc1ccc2c(c1)[C@@H]1CC(c3ccc(Br)cc3)=NN1[C@@H](c1ccccc1)O2. The molecule has 2 aliphatic rings. The number of halogens is 2. The van der Waals surface area contributed by atoms with Crippen molar-refractivity contribution in [2.75, 3.05) is 0 Å². The van der Waals surface area contributed by atoms with Crippen molar-refractivity contribution in [2.45, 2.75) is 18.7 Å². The minimum atomic E-state index is -0.252. The first-order valence-electron chi connectivity index (χ1n) is 8.82. The van der Waals surface area contributed by atoms with Crippen LogP contribution in [0.1, 0.15) is 35.4 Å². The zero-order valence-corrected chi connectivity index (χ0v) is 16.7. The minimum absolute atomic E-state index is 0.108. The molecule has 2 heterocycles. The van der Waals surface area contributed by atoms with Gasteiger partial charge in [-0.15, -0.1) is 0 Å². The Labute approximate surface area is 171 Å². The third-order valence-electron chi connectivity index (χ3n) is 5.01. The van der Waals surface area contributed by atoms with E-state index in [0.29, 0.717) is 5.02 Å². The van der Waals surface area contributed by atoms with Crippen LogP contribution in [0.3, 0.4) is 0 Å². The molecule has 0 fully saturated rings. The highest BCUT2D eigenvalue weighted by atomic mass is 79.9. The van der Waals surface area contributed by atoms with E-state index in [2.05, 4.69) is 45.2 Å². The highest BCUT2D eigenvalue weighted by Crippen LogP contribution is 2.48. The number of hydrogen-bond acceptors (Lipinski definition) is 3. The van der Waals surface area contributed by atoms with Gasteiger partial charge in [0.15, 0.2) is 0 Å². The Morgan fingerprint density at radius 3 is 2.56 bits per heavy atom. The second kappa shape index (κ2) is 6.70. The summed E-state index contributed by atoms with van der Waals surface area (Å²) in [5, 5.41) is 7.75. The lowest BCUT2D eigenvalue weighted by Crippen LogP contribution is -2.33. The third kappa shape index (κ3) is 3.03. The summed E-state index contributed by atoms with van der Waals surface area (Å²) < 4.78 is 7.40. The number of fused-ring (bicyclic) bond motifs is 3. The molecule has 0 amide bonds. The third-order valence-corrected chi connectivity index (χ3v) is 5.78. The zero-order valence-electron chi connectivity index (χ0n) is 14.3. The highest BCUT2D eigenvalue weighted by Gasteiger charge is 2.40. The molecular formula is C22H16BrClN2O. The van der Waals surface area contributed by atoms with Crippen molar-refractivity contribution in [1.82, 2.24) is 5.01 Å². The van der Waals surface area contributed by atoms with Gasteiger partial charge in [-0.3, -0.25) is 0 Å². The van der Waals surface area contributed by atoms with E-state index in [9.17, 15) is 0 Å². The molecule has 3 aromatic carbocycles. The molecule has 5 heteroatoms. The van der Waals surface area contributed by atoms with Crippen LogP contribution >= 0.6 is 27.5 Å². The van der Waals surface area contributed by atoms with Crippen LogP contribution < -0.4 is 4.74 Å². The molecule has 5 rings (SSSR count). The molecule has 3 nitrogen and oxygen atoms in total. The van der Waals surface area contributed by atoms with Gasteiger partial charge in [0.2, 0.25) is 6.23 Å². The normalized spacial score (nSPS) is 20.5. The Morgan fingerprint density at radius 2 is 1.78 bits per heavy atom. The average molecular weight is 440 g/mol. The number of rotatable bonds is 2. The van der Waals surface area contributed by atoms with Crippen LogP contribution in [0.15, 0.2) is 82.4 Å².